The fourth-order valence-electron chi connectivity index (χ4n) is 1.28. The van der Waals surface area contributed by atoms with E-state index in [4.69, 9.17) is 5.11 Å². The highest BCUT2D eigenvalue weighted by Gasteiger charge is 2.18. The number of carbonyl (C=O) groups is 1. The van der Waals surface area contributed by atoms with E-state index < -0.39 is 23.3 Å². The van der Waals surface area contributed by atoms with Gasteiger partial charge >= 0.3 is 11.7 Å². The van der Waals surface area contributed by atoms with Crippen LogP contribution in [-0.4, -0.2) is 32.3 Å². The second-order valence-corrected chi connectivity index (χ2v) is 3.53. The Balaban J connectivity index is 2.82. The van der Waals surface area contributed by atoms with Gasteiger partial charge in [-0.2, -0.15) is 0 Å². The largest absolute Gasteiger partial charge is 0.480 e. The van der Waals surface area contributed by atoms with Gasteiger partial charge in [0.15, 0.2) is 0 Å². The van der Waals surface area contributed by atoms with Crippen molar-refractivity contribution in [3.05, 3.63) is 20.8 Å². The Kier molecular flexibility index (Phi) is 4.44. The van der Waals surface area contributed by atoms with Crippen molar-refractivity contribution in [3.8, 4) is 0 Å². The zero-order valence-corrected chi connectivity index (χ0v) is 9.32. The molecule has 94 valence electrons. The molecule has 1 aromatic heterocycles. The number of aliphatic carboxylic acids is 1. The Morgan fingerprint density at radius 3 is 2.76 bits per heavy atom. The number of nitrogens with zero attached hydrogens (tertiary/aromatic N) is 1. The minimum atomic E-state index is -1.06. The first-order chi connectivity index (χ1) is 8.04. The summed E-state index contributed by atoms with van der Waals surface area (Å²) in [5.74, 6) is -1.26. The highest BCUT2D eigenvalue weighted by Crippen LogP contribution is 2.04. The van der Waals surface area contributed by atoms with Gasteiger partial charge in [0.25, 0.3) is 5.56 Å². The van der Waals surface area contributed by atoms with Crippen LogP contribution < -0.4 is 16.6 Å². The lowest BCUT2D eigenvalue weighted by Gasteiger charge is -2.13. The molecule has 0 aromatic carbocycles. The van der Waals surface area contributed by atoms with E-state index in [1.54, 1.807) is 0 Å². The van der Waals surface area contributed by atoms with Crippen molar-refractivity contribution in [3.63, 3.8) is 0 Å². The van der Waals surface area contributed by atoms with Gasteiger partial charge in [-0.15, -0.1) is 5.10 Å². The fourth-order valence-corrected chi connectivity index (χ4v) is 1.28. The summed E-state index contributed by atoms with van der Waals surface area (Å²) in [6.45, 7) is 1.93. The van der Waals surface area contributed by atoms with Crippen molar-refractivity contribution in [2.75, 3.05) is 5.32 Å². The van der Waals surface area contributed by atoms with Crippen LogP contribution >= 0.6 is 0 Å². The van der Waals surface area contributed by atoms with Gasteiger partial charge in [0.05, 0.1) is 0 Å². The zero-order valence-electron chi connectivity index (χ0n) is 9.32. The number of aromatic amines is 2. The number of anilines is 1. The Morgan fingerprint density at radius 2 is 2.24 bits per heavy atom. The quantitative estimate of drug-likeness (QED) is 0.533. The van der Waals surface area contributed by atoms with Crippen LogP contribution in [0.5, 0.6) is 0 Å². The monoisotopic (exact) mass is 242 g/mol. The molecule has 1 rings (SSSR count). The first-order valence-electron chi connectivity index (χ1n) is 5.23. The Morgan fingerprint density at radius 1 is 1.53 bits per heavy atom. The molecule has 1 atom stereocenters. The number of hydrogen-bond donors (Lipinski definition) is 4. The highest BCUT2D eigenvalue weighted by atomic mass is 16.4. The van der Waals surface area contributed by atoms with Gasteiger partial charge in [-0.25, -0.2) is 14.7 Å². The number of H-pyrrole nitrogens is 2. The molecule has 0 aliphatic carbocycles. The zero-order chi connectivity index (χ0) is 12.8. The Labute approximate surface area is 96.1 Å². The molecule has 8 heteroatoms. The third-order valence-electron chi connectivity index (χ3n) is 2.17. The van der Waals surface area contributed by atoms with Crippen LogP contribution in [0.1, 0.15) is 26.2 Å². The van der Waals surface area contributed by atoms with E-state index >= 15 is 0 Å². The number of aromatic nitrogens is 3. The summed E-state index contributed by atoms with van der Waals surface area (Å²) in [5, 5.41) is 16.9. The number of carboxylic acid groups (broad SMARTS) is 1. The van der Waals surface area contributed by atoms with E-state index in [1.165, 1.54) is 0 Å². The van der Waals surface area contributed by atoms with E-state index in [0.29, 0.717) is 12.8 Å². The Hall–Kier alpha value is -2.12. The first-order valence-corrected chi connectivity index (χ1v) is 5.23. The Bertz CT molecular complexity index is 492. The molecule has 0 saturated heterocycles. The average Bonchev–Trinajstić information content (AvgIpc) is 2.26. The van der Waals surface area contributed by atoms with Crippen LogP contribution in [0.4, 0.5) is 5.82 Å². The molecule has 0 saturated carbocycles. The summed E-state index contributed by atoms with van der Waals surface area (Å²) in [7, 11) is 0. The molecule has 17 heavy (non-hydrogen) atoms. The van der Waals surface area contributed by atoms with E-state index in [0.717, 1.165) is 6.42 Å². The molecule has 8 nitrogen and oxygen atoms in total. The maximum absolute atomic E-state index is 11.3. The molecule has 0 radical (unpaired) electrons. The number of nitrogens with one attached hydrogen (secondary N) is 3. The molecule has 0 aliphatic heterocycles. The van der Waals surface area contributed by atoms with Crippen LogP contribution in [0, 0.1) is 0 Å². The standard InChI is InChI=1S/C9H14N4O4/c1-2-3-4-5(8(15)16)10-6-7(14)11-9(17)13-12-6/h5H,2-4H2,1H3,(H,10,12)(H,15,16)(H2,11,13,14,17)/t5-/m1/s1. The van der Waals surface area contributed by atoms with E-state index in [-0.39, 0.29) is 5.82 Å². The van der Waals surface area contributed by atoms with Crippen LogP contribution in [0.25, 0.3) is 0 Å². The average molecular weight is 242 g/mol. The lowest BCUT2D eigenvalue weighted by Crippen LogP contribution is -2.35. The van der Waals surface area contributed by atoms with Crippen molar-refractivity contribution in [1.29, 1.82) is 0 Å². The van der Waals surface area contributed by atoms with Crippen molar-refractivity contribution in [1.82, 2.24) is 15.2 Å². The molecule has 0 aliphatic rings. The van der Waals surface area contributed by atoms with Crippen LogP contribution in [0.3, 0.4) is 0 Å². The summed E-state index contributed by atoms with van der Waals surface area (Å²) < 4.78 is 0. The number of hydrogen-bond acceptors (Lipinski definition) is 5. The molecular formula is C9H14N4O4. The lowest BCUT2D eigenvalue weighted by atomic mass is 10.1. The fraction of sp³-hybridized carbons (Fsp3) is 0.556. The van der Waals surface area contributed by atoms with Crippen LogP contribution in [-0.2, 0) is 4.79 Å². The summed E-state index contributed by atoms with van der Waals surface area (Å²) in [4.78, 5) is 34.9. The molecule has 1 aromatic rings. The predicted molar refractivity (Wildman–Crippen MR) is 60.0 cm³/mol. The lowest BCUT2D eigenvalue weighted by molar-refractivity contribution is -0.138. The van der Waals surface area contributed by atoms with Crippen LogP contribution in [0.15, 0.2) is 9.59 Å². The van der Waals surface area contributed by atoms with Crippen molar-refractivity contribution in [2.45, 2.75) is 32.2 Å². The van der Waals surface area contributed by atoms with Gasteiger partial charge in [0.2, 0.25) is 5.82 Å². The third kappa shape index (κ3) is 3.74. The maximum Gasteiger partial charge on any atom is 0.342 e. The van der Waals surface area contributed by atoms with Gasteiger partial charge in [0, 0.05) is 0 Å². The van der Waals surface area contributed by atoms with Gasteiger partial charge < -0.3 is 10.4 Å². The SMILES string of the molecule is CCCC[C@@H](Nc1n[nH]c(=O)[nH]c1=O)C(=O)O. The number of carboxylic acids is 1. The van der Waals surface area contributed by atoms with Gasteiger partial charge in [-0.1, -0.05) is 19.8 Å². The van der Waals surface area contributed by atoms with Gasteiger partial charge in [-0.05, 0) is 6.42 Å². The minimum Gasteiger partial charge on any atom is -0.480 e. The van der Waals surface area contributed by atoms with Crippen LogP contribution in [0.2, 0.25) is 0 Å². The summed E-state index contributed by atoms with van der Waals surface area (Å²) in [6, 6.07) is -0.894. The first kappa shape index (κ1) is 12.9. The molecular weight excluding hydrogens is 228 g/mol. The summed E-state index contributed by atoms with van der Waals surface area (Å²) in [6.07, 6.45) is 1.94. The van der Waals surface area contributed by atoms with Gasteiger partial charge in [-0.3, -0.25) is 9.78 Å². The molecule has 4 N–H and O–H groups in total. The van der Waals surface area contributed by atoms with Crippen molar-refractivity contribution >= 4 is 11.8 Å². The topological polar surface area (TPSA) is 128 Å². The molecule has 0 unspecified atom stereocenters. The van der Waals surface area contributed by atoms with Gasteiger partial charge in [0.1, 0.15) is 6.04 Å². The number of unbranched alkanes of at least 4 members (excludes halogenated alkanes) is 1. The summed E-state index contributed by atoms with van der Waals surface area (Å²) >= 11 is 0. The van der Waals surface area contributed by atoms with E-state index in [9.17, 15) is 14.4 Å². The second kappa shape index (κ2) is 5.83. The second-order valence-electron chi connectivity index (χ2n) is 3.53. The third-order valence-corrected chi connectivity index (χ3v) is 2.17. The normalized spacial score (nSPS) is 12.1. The molecule has 0 amide bonds. The predicted octanol–water partition coefficient (Wildman–Crippen LogP) is -0.486. The highest BCUT2D eigenvalue weighted by molar-refractivity contribution is 5.76. The number of rotatable bonds is 6. The minimum absolute atomic E-state index is 0.201. The van der Waals surface area contributed by atoms with E-state index in [2.05, 4.69) is 10.4 Å². The molecule has 1 heterocycles. The van der Waals surface area contributed by atoms with E-state index in [1.807, 2.05) is 17.0 Å². The smallest absolute Gasteiger partial charge is 0.342 e. The maximum atomic E-state index is 11.3. The molecule has 0 bridgehead atoms. The summed E-state index contributed by atoms with van der Waals surface area (Å²) in [5.41, 5.74) is -1.47. The molecule has 0 fully saturated rings. The van der Waals surface area contributed by atoms with Crippen molar-refractivity contribution < 1.29 is 9.90 Å². The molecule has 0 spiro atoms. The van der Waals surface area contributed by atoms with Crippen molar-refractivity contribution in [2.24, 2.45) is 0 Å².